The van der Waals surface area contributed by atoms with Crippen molar-refractivity contribution < 1.29 is 14.1 Å². The van der Waals surface area contributed by atoms with Crippen LogP contribution in [-0.2, 0) is 14.1 Å². The molecule has 0 heterocycles. The smallest absolute Gasteiger partial charge is 0.465 e. The topological polar surface area (TPSA) is 55.4 Å². The third-order valence-corrected chi connectivity index (χ3v) is 1.82. The Morgan fingerprint density at radius 2 is 2.36 bits per heavy atom. The highest BCUT2D eigenvalue weighted by atomic mass is 35.7. The van der Waals surface area contributed by atoms with Crippen molar-refractivity contribution in [3.63, 3.8) is 0 Å². The molecule has 0 saturated carbocycles. The number of hydrogen-bond acceptors (Lipinski definition) is 3. The number of halogens is 1. The van der Waals surface area contributed by atoms with E-state index < -0.39 is 19.3 Å². The molecule has 0 aliphatic rings. The molecule has 0 aliphatic carbocycles. The maximum Gasteiger partial charge on any atom is 0.554 e. The minimum Gasteiger partial charge on any atom is -0.465 e. The van der Waals surface area contributed by atoms with Crippen LogP contribution >= 0.6 is 18.5 Å². The second-order valence-corrected chi connectivity index (χ2v) is 3.52. The second kappa shape index (κ2) is 5.47. The van der Waals surface area contributed by atoms with Gasteiger partial charge in [0.2, 0.25) is 11.2 Å². The van der Waals surface area contributed by atoms with E-state index in [1.165, 1.54) is 6.92 Å². The molecular weight excluding hydrogens is 188 g/mol. The van der Waals surface area contributed by atoms with Gasteiger partial charge in [0.1, 0.15) is 6.04 Å². The van der Waals surface area contributed by atoms with Crippen LogP contribution in [0.3, 0.4) is 0 Å². The quantitative estimate of drug-likeness (QED) is 0.548. The third kappa shape index (κ3) is 5.13. The van der Waals surface area contributed by atoms with Crippen molar-refractivity contribution in [2.45, 2.75) is 19.9 Å². The van der Waals surface area contributed by atoms with Gasteiger partial charge in [-0.15, -0.1) is 0 Å². The number of ether oxygens (including phenoxy) is 1. The fourth-order valence-electron chi connectivity index (χ4n) is 0.472. The normalized spacial score (nSPS) is 13.9. The van der Waals surface area contributed by atoms with Crippen LogP contribution in [0, 0.1) is 0 Å². The lowest BCUT2D eigenvalue weighted by Crippen LogP contribution is -2.30. The molecule has 0 radical (unpaired) electrons. The molecule has 4 nitrogen and oxygen atoms in total. The fraction of sp³-hybridized carbons (Fsp3) is 0.800. The van der Waals surface area contributed by atoms with Gasteiger partial charge in [0.15, 0.2) is 0 Å². The molecule has 0 saturated heterocycles. The Morgan fingerprint density at radius 3 is 2.73 bits per heavy atom. The van der Waals surface area contributed by atoms with E-state index in [9.17, 15) is 9.36 Å². The van der Waals surface area contributed by atoms with Crippen LogP contribution in [0.1, 0.15) is 13.8 Å². The Hall–Kier alpha value is -0.180. The predicted molar refractivity (Wildman–Crippen MR) is 42.7 cm³/mol. The molecule has 0 rings (SSSR count). The summed E-state index contributed by atoms with van der Waals surface area (Å²) in [6.07, 6.45) is 0. The van der Waals surface area contributed by atoms with E-state index in [2.05, 4.69) is 9.82 Å². The summed E-state index contributed by atoms with van der Waals surface area (Å²) in [5.74, 6) is -0.448. The molecule has 0 aromatic rings. The van der Waals surface area contributed by atoms with E-state index >= 15 is 0 Å². The van der Waals surface area contributed by atoms with Crippen molar-refractivity contribution in [2.75, 3.05) is 6.61 Å². The van der Waals surface area contributed by atoms with E-state index in [0.717, 1.165) is 0 Å². The standard InChI is InChI=1S/C5H10ClNO3P/c1-3-10-5(8)4(2)7-11(6)9/h4H,3H2,1-2H3,(H,7,9)/q+1/t4-/m0/s1. The van der Waals surface area contributed by atoms with Crippen LogP contribution < -0.4 is 5.09 Å². The Labute approximate surface area is 70.9 Å². The van der Waals surface area contributed by atoms with E-state index in [0.29, 0.717) is 6.61 Å². The highest BCUT2D eigenvalue weighted by molar-refractivity contribution is 7.72. The summed E-state index contributed by atoms with van der Waals surface area (Å²) in [6.45, 7) is 3.54. The van der Waals surface area contributed by atoms with Crippen LogP contribution in [0.15, 0.2) is 0 Å². The molecule has 0 bridgehead atoms. The average molecular weight is 199 g/mol. The van der Waals surface area contributed by atoms with Crippen LogP contribution in [0.2, 0.25) is 0 Å². The lowest BCUT2D eigenvalue weighted by atomic mass is 10.4. The van der Waals surface area contributed by atoms with E-state index in [4.69, 9.17) is 11.2 Å². The van der Waals surface area contributed by atoms with Gasteiger partial charge in [-0.05, 0) is 18.4 Å². The first kappa shape index (κ1) is 10.8. The lowest BCUT2D eigenvalue weighted by molar-refractivity contribution is -0.144. The number of carbonyl (C=O) groups is 1. The molecule has 64 valence electrons. The van der Waals surface area contributed by atoms with E-state index in [1.807, 2.05) is 0 Å². The molecule has 1 N–H and O–H groups in total. The highest BCUT2D eigenvalue weighted by Crippen LogP contribution is 2.20. The van der Waals surface area contributed by atoms with Gasteiger partial charge in [-0.25, -0.2) is 0 Å². The maximum atomic E-state index is 10.8. The van der Waals surface area contributed by atoms with Gasteiger partial charge in [0.25, 0.3) is 0 Å². The fourth-order valence-corrected chi connectivity index (χ4v) is 1.32. The van der Waals surface area contributed by atoms with Gasteiger partial charge in [-0.2, -0.15) is 0 Å². The molecular formula is C5H10ClNO3P+. The third-order valence-electron chi connectivity index (χ3n) is 0.935. The summed E-state index contributed by atoms with van der Waals surface area (Å²) in [5.41, 5.74) is 0. The summed E-state index contributed by atoms with van der Waals surface area (Å²) >= 11 is 5.11. The van der Waals surface area contributed by atoms with Gasteiger partial charge in [0.05, 0.1) is 6.61 Å². The molecule has 11 heavy (non-hydrogen) atoms. The summed E-state index contributed by atoms with van der Waals surface area (Å²) in [7, 11) is -2.01. The molecule has 0 aromatic heterocycles. The van der Waals surface area contributed by atoms with Crippen molar-refractivity contribution in [3.05, 3.63) is 0 Å². The van der Waals surface area contributed by atoms with Gasteiger partial charge in [0, 0.05) is 0 Å². The molecule has 0 fully saturated rings. The summed E-state index contributed by atoms with van der Waals surface area (Å²) in [6, 6.07) is -0.615. The van der Waals surface area contributed by atoms with Crippen LogP contribution in [0.4, 0.5) is 0 Å². The molecule has 0 spiro atoms. The first-order chi connectivity index (χ1) is 5.07. The van der Waals surface area contributed by atoms with E-state index in [1.54, 1.807) is 6.92 Å². The molecule has 1 unspecified atom stereocenters. The number of hydrogen-bond donors (Lipinski definition) is 1. The zero-order valence-electron chi connectivity index (χ0n) is 6.33. The number of nitrogens with one attached hydrogen (secondary N) is 1. The first-order valence-corrected chi connectivity index (χ1v) is 5.30. The van der Waals surface area contributed by atoms with Crippen LogP contribution in [-0.4, -0.2) is 18.6 Å². The zero-order chi connectivity index (χ0) is 8.85. The molecule has 2 atom stereocenters. The van der Waals surface area contributed by atoms with Gasteiger partial charge in [-0.1, -0.05) is 5.09 Å². The lowest BCUT2D eigenvalue weighted by Gasteiger charge is -2.03. The first-order valence-electron chi connectivity index (χ1n) is 3.13. The number of carbonyl (C=O) groups excluding carboxylic acids is 1. The summed E-state index contributed by atoms with van der Waals surface area (Å²) < 4.78 is 15.0. The van der Waals surface area contributed by atoms with Crippen LogP contribution in [0.5, 0.6) is 0 Å². The monoisotopic (exact) mass is 198 g/mol. The van der Waals surface area contributed by atoms with Crippen molar-refractivity contribution in [1.82, 2.24) is 5.09 Å². The highest BCUT2D eigenvalue weighted by Gasteiger charge is 2.23. The second-order valence-electron chi connectivity index (χ2n) is 1.85. The van der Waals surface area contributed by atoms with Gasteiger partial charge < -0.3 is 4.74 Å². The zero-order valence-corrected chi connectivity index (χ0v) is 7.98. The van der Waals surface area contributed by atoms with Crippen LogP contribution in [0.25, 0.3) is 0 Å². The van der Waals surface area contributed by atoms with E-state index in [-0.39, 0.29) is 0 Å². The molecule has 6 heteroatoms. The largest absolute Gasteiger partial charge is 0.554 e. The van der Waals surface area contributed by atoms with Crippen molar-refractivity contribution in [1.29, 1.82) is 0 Å². The molecule has 0 aromatic carbocycles. The SMILES string of the molecule is CCOC(=O)[C@H](C)N[P+](=O)Cl. The van der Waals surface area contributed by atoms with Gasteiger partial charge in [-0.3, -0.25) is 4.79 Å². The molecule has 0 amide bonds. The van der Waals surface area contributed by atoms with Crippen molar-refractivity contribution in [2.24, 2.45) is 0 Å². The summed E-state index contributed by atoms with van der Waals surface area (Å²) in [4.78, 5) is 10.8. The Kier molecular flexibility index (Phi) is 5.38. The van der Waals surface area contributed by atoms with Crippen molar-refractivity contribution >= 4 is 24.5 Å². The molecule has 0 aliphatic heterocycles. The minimum absolute atomic E-state index is 0.309. The van der Waals surface area contributed by atoms with Crippen molar-refractivity contribution in [3.8, 4) is 0 Å². The van der Waals surface area contributed by atoms with Gasteiger partial charge >= 0.3 is 13.3 Å². The Morgan fingerprint density at radius 1 is 1.82 bits per heavy atom. The number of esters is 1. The maximum absolute atomic E-state index is 10.8. The minimum atomic E-state index is -2.01. The predicted octanol–water partition coefficient (Wildman–Crippen LogP) is 1.42. The summed E-state index contributed by atoms with van der Waals surface area (Å²) in [5, 5.41) is 2.33. The number of rotatable bonds is 4. The Bertz CT molecular complexity index is 164. The Balaban J connectivity index is 3.73. The average Bonchev–Trinajstić information content (AvgIpc) is 1.86.